The van der Waals surface area contributed by atoms with E-state index < -0.39 is 5.91 Å². The average Bonchev–Trinajstić information content (AvgIpc) is 2.66. The smallest absolute Gasteiger partial charge is 0.275 e. The van der Waals surface area contributed by atoms with Crippen LogP contribution in [0.15, 0.2) is 40.9 Å². The van der Waals surface area contributed by atoms with Gasteiger partial charge in [0.15, 0.2) is 5.96 Å². The number of amides is 1. The van der Waals surface area contributed by atoms with Crippen LogP contribution in [0.5, 0.6) is 0 Å². The first-order valence-electron chi connectivity index (χ1n) is 5.86. The lowest BCUT2D eigenvalue weighted by atomic mass is 10.2. The number of fused-ring (bicyclic) bond motifs is 1. The van der Waals surface area contributed by atoms with Crippen LogP contribution in [0.2, 0.25) is 0 Å². The highest BCUT2D eigenvalue weighted by Gasteiger charge is 2.07. The van der Waals surface area contributed by atoms with Crippen molar-refractivity contribution < 1.29 is 4.79 Å². The summed E-state index contributed by atoms with van der Waals surface area (Å²) in [6.45, 7) is 1.69. The Bertz CT molecular complexity index is 691. The highest BCUT2D eigenvalue weighted by Crippen LogP contribution is 2.20. The van der Waals surface area contributed by atoms with E-state index >= 15 is 0 Å². The van der Waals surface area contributed by atoms with E-state index in [2.05, 4.69) is 4.99 Å². The standard InChI is InChI=1S/C14H16N4O/c1-9(13(19)17-14(15)16)7-11-8-10-5-3-4-6-12(10)18(11)2/h3-8H,1-2H3,(H4,15,16,17,19)/b9-7+. The summed E-state index contributed by atoms with van der Waals surface area (Å²) in [4.78, 5) is 15.2. The Morgan fingerprint density at radius 1 is 1.32 bits per heavy atom. The monoisotopic (exact) mass is 256 g/mol. The SMILES string of the molecule is C/C(=C\c1cc2ccccc2n1C)C(=O)N=C(N)N. The predicted octanol–water partition coefficient (Wildman–Crippen LogP) is 1.38. The summed E-state index contributed by atoms with van der Waals surface area (Å²) in [6, 6.07) is 10.0. The van der Waals surface area contributed by atoms with E-state index in [0.717, 1.165) is 16.6 Å². The number of nitrogens with two attached hydrogens (primary N) is 2. The number of benzene rings is 1. The number of nitrogens with zero attached hydrogens (tertiary/aromatic N) is 2. The zero-order valence-electron chi connectivity index (χ0n) is 10.9. The zero-order chi connectivity index (χ0) is 14.0. The van der Waals surface area contributed by atoms with Gasteiger partial charge in [-0.1, -0.05) is 18.2 Å². The Morgan fingerprint density at radius 3 is 2.63 bits per heavy atom. The average molecular weight is 256 g/mol. The molecule has 5 nitrogen and oxygen atoms in total. The van der Waals surface area contributed by atoms with Crippen molar-refractivity contribution in [3.8, 4) is 0 Å². The molecule has 0 bridgehead atoms. The van der Waals surface area contributed by atoms with Gasteiger partial charge in [0.05, 0.1) is 0 Å². The molecule has 19 heavy (non-hydrogen) atoms. The number of rotatable bonds is 2. The molecule has 1 aromatic heterocycles. The number of aryl methyl sites for hydroxylation is 1. The van der Waals surface area contributed by atoms with Crippen molar-refractivity contribution in [3.05, 3.63) is 41.6 Å². The van der Waals surface area contributed by atoms with Crippen LogP contribution in [0, 0.1) is 0 Å². The molecule has 0 saturated carbocycles. The van der Waals surface area contributed by atoms with E-state index in [1.807, 2.05) is 41.9 Å². The Hall–Kier alpha value is -2.56. The van der Waals surface area contributed by atoms with Gasteiger partial charge in [0.1, 0.15) is 0 Å². The Labute approximate surface area is 111 Å². The van der Waals surface area contributed by atoms with Gasteiger partial charge in [-0.05, 0) is 25.1 Å². The number of para-hydroxylation sites is 1. The Kier molecular flexibility index (Phi) is 3.37. The number of hydrogen-bond acceptors (Lipinski definition) is 1. The van der Waals surface area contributed by atoms with Crippen molar-refractivity contribution in [3.63, 3.8) is 0 Å². The minimum Gasteiger partial charge on any atom is -0.370 e. The summed E-state index contributed by atoms with van der Waals surface area (Å²) < 4.78 is 2.02. The lowest BCUT2D eigenvalue weighted by Gasteiger charge is -2.00. The lowest BCUT2D eigenvalue weighted by Crippen LogP contribution is -2.24. The van der Waals surface area contributed by atoms with E-state index in [9.17, 15) is 4.79 Å². The molecule has 2 aromatic rings. The number of aliphatic imine (C=N–C) groups is 1. The highest BCUT2D eigenvalue weighted by molar-refractivity contribution is 6.04. The summed E-state index contributed by atoms with van der Waals surface area (Å²) in [6.07, 6.45) is 1.77. The molecule has 0 spiro atoms. The molecule has 1 amide bonds. The van der Waals surface area contributed by atoms with Gasteiger partial charge in [0.25, 0.3) is 5.91 Å². The fourth-order valence-electron chi connectivity index (χ4n) is 1.94. The second kappa shape index (κ2) is 4.97. The van der Waals surface area contributed by atoms with Crippen LogP contribution in [-0.4, -0.2) is 16.4 Å². The molecular formula is C14H16N4O. The molecule has 0 radical (unpaired) electrons. The third kappa shape index (κ3) is 2.65. The number of carbonyl (C=O) groups excluding carboxylic acids is 1. The summed E-state index contributed by atoms with van der Waals surface area (Å²) in [5.74, 6) is -0.653. The summed E-state index contributed by atoms with van der Waals surface area (Å²) >= 11 is 0. The fraction of sp³-hybridized carbons (Fsp3) is 0.143. The maximum Gasteiger partial charge on any atom is 0.275 e. The molecule has 0 aliphatic carbocycles. The van der Waals surface area contributed by atoms with Gasteiger partial charge in [0.2, 0.25) is 0 Å². The number of carbonyl (C=O) groups is 1. The Balaban J connectivity index is 2.43. The second-order valence-corrected chi connectivity index (χ2v) is 4.36. The van der Waals surface area contributed by atoms with Crippen LogP contribution in [0.25, 0.3) is 17.0 Å². The van der Waals surface area contributed by atoms with Gasteiger partial charge in [-0.2, -0.15) is 4.99 Å². The van der Waals surface area contributed by atoms with Crippen LogP contribution in [0.1, 0.15) is 12.6 Å². The van der Waals surface area contributed by atoms with Gasteiger partial charge >= 0.3 is 0 Å². The van der Waals surface area contributed by atoms with E-state index in [4.69, 9.17) is 11.5 Å². The molecule has 0 saturated heterocycles. The molecule has 1 heterocycles. The van der Waals surface area contributed by atoms with Crippen molar-refractivity contribution in [2.45, 2.75) is 6.92 Å². The maximum atomic E-state index is 11.7. The number of aromatic nitrogens is 1. The molecule has 1 aromatic carbocycles. The van der Waals surface area contributed by atoms with Crippen molar-refractivity contribution in [2.75, 3.05) is 0 Å². The predicted molar refractivity (Wildman–Crippen MR) is 77.4 cm³/mol. The summed E-state index contributed by atoms with van der Waals surface area (Å²) in [5.41, 5.74) is 12.9. The van der Waals surface area contributed by atoms with E-state index in [1.54, 1.807) is 13.0 Å². The summed E-state index contributed by atoms with van der Waals surface area (Å²) in [7, 11) is 1.95. The third-order valence-corrected chi connectivity index (χ3v) is 2.92. The summed E-state index contributed by atoms with van der Waals surface area (Å²) in [5, 5.41) is 1.12. The highest BCUT2D eigenvalue weighted by atomic mass is 16.1. The van der Waals surface area contributed by atoms with Gasteiger partial charge in [-0.25, -0.2) is 0 Å². The molecule has 4 N–H and O–H groups in total. The first kappa shape index (κ1) is 12.9. The van der Waals surface area contributed by atoms with Gasteiger partial charge < -0.3 is 16.0 Å². The molecule has 2 rings (SSSR count). The van der Waals surface area contributed by atoms with Crippen LogP contribution in [0.4, 0.5) is 0 Å². The zero-order valence-corrected chi connectivity index (χ0v) is 10.9. The molecular weight excluding hydrogens is 240 g/mol. The minimum absolute atomic E-state index is 0.227. The van der Waals surface area contributed by atoms with Crippen molar-refractivity contribution in [1.82, 2.24) is 4.57 Å². The van der Waals surface area contributed by atoms with Crippen LogP contribution >= 0.6 is 0 Å². The largest absolute Gasteiger partial charge is 0.370 e. The quantitative estimate of drug-likeness (QED) is 0.483. The van der Waals surface area contributed by atoms with Crippen LogP contribution in [-0.2, 0) is 11.8 Å². The first-order valence-corrected chi connectivity index (χ1v) is 5.86. The molecule has 5 heteroatoms. The molecule has 0 fully saturated rings. The molecule has 0 aliphatic heterocycles. The lowest BCUT2D eigenvalue weighted by molar-refractivity contribution is -0.114. The van der Waals surface area contributed by atoms with E-state index in [1.165, 1.54) is 0 Å². The van der Waals surface area contributed by atoms with E-state index in [-0.39, 0.29) is 5.96 Å². The van der Waals surface area contributed by atoms with Gasteiger partial charge in [-0.15, -0.1) is 0 Å². The second-order valence-electron chi connectivity index (χ2n) is 4.36. The van der Waals surface area contributed by atoms with Crippen molar-refractivity contribution >= 4 is 28.8 Å². The third-order valence-electron chi connectivity index (χ3n) is 2.92. The van der Waals surface area contributed by atoms with E-state index in [0.29, 0.717) is 5.57 Å². The number of guanidine groups is 1. The normalized spacial score (nSPS) is 11.6. The Morgan fingerprint density at radius 2 is 2.00 bits per heavy atom. The molecule has 0 unspecified atom stereocenters. The van der Waals surface area contributed by atoms with Crippen molar-refractivity contribution in [2.24, 2.45) is 23.5 Å². The van der Waals surface area contributed by atoms with Crippen molar-refractivity contribution in [1.29, 1.82) is 0 Å². The van der Waals surface area contributed by atoms with Gasteiger partial charge in [0, 0.05) is 29.2 Å². The topological polar surface area (TPSA) is 86.4 Å². The van der Waals surface area contributed by atoms with Gasteiger partial charge in [-0.3, -0.25) is 4.79 Å². The molecule has 0 aliphatic rings. The molecule has 98 valence electrons. The first-order chi connectivity index (χ1) is 8.99. The fourth-order valence-corrected chi connectivity index (χ4v) is 1.94. The maximum absolute atomic E-state index is 11.7. The van der Waals surface area contributed by atoms with Crippen LogP contribution in [0.3, 0.4) is 0 Å². The number of hydrogen-bond donors (Lipinski definition) is 2. The van der Waals surface area contributed by atoms with Crippen LogP contribution < -0.4 is 11.5 Å². The minimum atomic E-state index is -0.426. The molecule has 0 atom stereocenters.